The van der Waals surface area contributed by atoms with E-state index < -0.39 is 11.6 Å². The van der Waals surface area contributed by atoms with Crippen LogP contribution >= 0.6 is 0 Å². The molecule has 0 aliphatic heterocycles. The molecular weight excluding hydrogens is 236 g/mol. The summed E-state index contributed by atoms with van der Waals surface area (Å²) in [5.41, 5.74) is 0. The van der Waals surface area contributed by atoms with Gasteiger partial charge in [0.25, 0.3) is 0 Å². The minimum absolute atomic E-state index is 0.0148. The maximum Gasteiger partial charge on any atom is 0.165 e. The first kappa shape index (κ1) is 14.9. The molecular formula is C14H21F2NO. The number of nitrogens with one attached hydrogen (secondary N) is 1. The number of rotatable bonds is 7. The maximum absolute atomic E-state index is 13.5. The van der Waals surface area contributed by atoms with Gasteiger partial charge in [0.15, 0.2) is 11.6 Å². The molecule has 4 heteroatoms. The number of ether oxygens (including phenoxy) is 1. The van der Waals surface area contributed by atoms with E-state index in [0.29, 0.717) is 12.6 Å². The molecule has 0 bridgehead atoms. The number of hydrogen-bond acceptors (Lipinski definition) is 2. The predicted molar refractivity (Wildman–Crippen MR) is 68.8 cm³/mol. The largest absolute Gasteiger partial charge is 0.486 e. The standard InChI is InChI=1S/C14H21F2NO/c1-4-5-12(9-17-10(2)3)18-14-8-11(15)6-7-13(14)16/h6-8,10,12,17H,4-5,9H2,1-3H3. The Balaban J connectivity index is 2.66. The molecule has 0 aliphatic rings. The Morgan fingerprint density at radius 2 is 2.00 bits per heavy atom. The predicted octanol–water partition coefficient (Wildman–Crippen LogP) is 3.51. The van der Waals surface area contributed by atoms with Gasteiger partial charge >= 0.3 is 0 Å². The number of halogens is 2. The van der Waals surface area contributed by atoms with E-state index in [2.05, 4.69) is 5.32 Å². The average molecular weight is 257 g/mol. The second-order valence-electron chi connectivity index (χ2n) is 4.67. The monoisotopic (exact) mass is 257 g/mol. The van der Waals surface area contributed by atoms with E-state index in [4.69, 9.17) is 4.74 Å². The van der Waals surface area contributed by atoms with E-state index in [9.17, 15) is 8.78 Å². The van der Waals surface area contributed by atoms with Crippen LogP contribution in [0.1, 0.15) is 33.6 Å². The Morgan fingerprint density at radius 3 is 2.61 bits per heavy atom. The van der Waals surface area contributed by atoms with E-state index >= 15 is 0 Å². The summed E-state index contributed by atoms with van der Waals surface area (Å²) in [5.74, 6) is -1.03. The van der Waals surface area contributed by atoms with Gasteiger partial charge in [-0.2, -0.15) is 0 Å². The number of hydrogen-bond donors (Lipinski definition) is 1. The Kier molecular flexibility index (Phi) is 6.05. The molecule has 1 aromatic carbocycles. The van der Waals surface area contributed by atoms with Gasteiger partial charge in [-0.3, -0.25) is 0 Å². The third-order valence-corrected chi connectivity index (χ3v) is 2.55. The molecule has 0 radical (unpaired) electrons. The van der Waals surface area contributed by atoms with Crippen LogP contribution in [0.25, 0.3) is 0 Å². The van der Waals surface area contributed by atoms with Crippen molar-refractivity contribution in [2.45, 2.75) is 45.8 Å². The Bertz CT molecular complexity index is 369. The Hall–Kier alpha value is -1.16. The molecule has 0 heterocycles. The summed E-state index contributed by atoms with van der Waals surface area (Å²) in [6.07, 6.45) is 1.59. The van der Waals surface area contributed by atoms with E-state index in [1.165, 1.54) is 0 Å². The lowest BCUT2D eigenvalue weighted by atomic mass is 10.2. The van der Waals surface area contributed by atoms with Crippen LogP contribution in [0.15, 0.2) is 18.2 Å². The minimum atomic E-state index is -0.526. The molecule has 0 saturated carbocycles. The van der Waals surface area contributed by atoms with Crippen LogP contribution in [0.3, 0.4) is 0 Å². The second-order valence-corrected chi connectivity index (χ2v) is 4.67. The van der Waals surface area contributed by atoms with Crippen molar-refractivity contribution >= 4 is 0 Å². The Morgan fingerprint density at radius 1 is 1.28 bits per heavy atom. The molecule has 102 valence electrons. The molecule has 1 unspecified atom stereocenters. The highest BCUT2D eigenvalue weighted by molar-refractivity contribution is 5.25. The quantitative estimate of drug-likeness (QED) is 0.807. The molecule has 0 aliphatic carbocycles. The van der Waals surface area contributed by atoms with Crippen LogP contribution in [0.2, 0.25) is 0 Å². The van der Waals surface area contributed by atoms with Crippen LogP contribution in [-0.2, 0) is 0 Å². The van der Waals surface area contributed by atoms with Gasteiger partial charge in [0.1, 0.15) is 11.9 Å². The van der Waals surface area contributed by atoms with Gasteiger partial charge in [-0.25, -0.2) is 8.78 Å². The van der Waals surface area contributed by atoms with Gasteiger partial charge in [-0.05, 0) is 18.6 Å². The van der Waals surface area contributed by atoms with Gasteiger partial charge in [-0.15, -0.1) is 0 Å². The van der Waals surface area contributed by atoms with Crippen molar-refractivity contribution < 1.29 is 13.5 Å². The highest BCUT2D eigenvalue weighted by atomic mass is 19.1. The van der Waals surface area contributed by atoms with Crippen LogP contribution in [0.4, 0.5) is 8.78 Å². The lowest BCUT2D eigenvalue weighted by molar-refractivity contribution is 0.175. The highest BCUT2D eigenvalue weighted by Gasteiger charge is 2.13. The summed E-state index contributed by atoms with van der Waals surface area (Å²) in [7, 11) is 0. The lowest BCUT2D eigenvalue weighted by Gasteiger charge is -2.21. The van der Waals surface area contributed by atoms with Crippen molar-refractivity contribution in [2.75, 3.05) is 6.54 Å². The molecule has 1 atom stereocenters. The van der Waals surface area contributed by atoms with Gasteiger partial charge in [0.2, 0.25) is 0 Å². The van der Waals surface area contributed by atoms with Crippen molar-refractivity contribution in [3.05, 3.63) is 29.8 Å². The van der Waals surface area contributed by atoms with Gasteiger partial charge in [0, 0.05) is 18.7 Å². The second kappa shape index (κ2) is 7.31. The van der Waals surface area contributed by atoms with Crippen molar-refractivity contribution in [3.63, 3.8) is 0 Å². The molecule has 1 rings (SSSR count). The van der Waals surface area contributed by atoms with Crippen LogP contribution < -0.4 is 10.1 Å². The summed E-state index contributed by atoms with van der Waals surface area (Å²) >= 11 is 0. The number of benzene rings is 1. The van der Waals surface area contributed by atoms with E-state index in [-0.39, 0.29) is 11.9 Å². The first-order valence-electron chi connectivity index (χ1n) is 6.38. The molecule has 2 nitrogen and oxygen atoms in total. The summed E-state index contributed by atoms with van der Waals surface area (Å²) in [6, 6.07) is 3.60. The van der Waals surface area contributed by atoms with E-state index in [0.717, 1.165) is 31.0 Å². The highest BCUT2D eigenvalue weighted by Crippen LogP contribution is 2.20. The maximum atomic E-state index is 13.5. The van der Waals surface area contributed by atoms with Crippen LogP contribution in [-0.4, -0.2) is 18.7 Å². The van der Waals surface area contributed by atoms with Crippen LogP contribution in [0.5, 0.6) is 5.75 Å². The normalized spacial score (nSPS) is 12.8. The minimum Gasteiger partial charge on any atom is -0.486 e. The summed E-state index contributed by atoms with van der Waals surface area (Å²) in [6.45, 7) is 6.73. The van der Waals surface area contributed by atoms with Gasteiger partial charge in [0.05, 0.1) is 0 Å². The van der Waals surface area contributed by atoms with Crippen molar-refractivity contribution in [3.8, 4) is 5.75 Å². The summed E-state index contributed by atoms with van der Waals surface area (Å²) < 4.78 is 32.0. The van der Waals surface area contributed by atoms with Crippen LogP contribution in [0, 0.1) is 11.6 Å². The van der Waals surface area contributed by atoms with E-state index in [1.54, 1.807) is 0 Å². The van der Waals surface area contributed by atoms with E-state index in [1.807, 2.05) is 20.8 Å². The zero-order valence-electron chi connectivity index (χ0n) is 11.2. The van der Waals surface area contributed by atoms with Crippen molar-refractivity contribution in [1.82, 2.24) is 5.32 Å². The molecule has 0 saturated heterocycles. The fourth-order valence-electron chi connectivity index (χ4n) is 1.64. The molecule has 0 spiro atoms. The fraction of sp³-hybridized carbons (Fsp3) is 0.571. The topological polar surface area (TPSA) is 21.3 Å². The lowest BCUT2D eigenvalue weighted by Crippen LogP contribution is -2.35. The molecule has 18 heavy (non-hydrogen) atoms. The van der Waals surface area contributed by atoms with Gasteiger partial charge in [-0.1, -0.05) is 27.2 Å². The summed E-state index contributed by atoms with van der Waals surface area (Å²) in [5, 5.41) is 3.24. The third-order valence-electron chi connectivity index (χ3n) is 2.55. The first-order chi connectivity index (χ1) is 8.52. The van der Waals surface area contributed by atoms with Gasteiger partial charge < -0.3 is 10.1 Å². The molecule has 0 fully saturated rings. The van der Waals surface area contributed by atoms with Crippen molar-refractivity contribution in [1.29, 1.82) is 0 Å². The SMILES string of the molecule is CCCC(CNC(C)C)Oc1cc(F)ccc1F. The fourth-order valence-corrected chi connectivity index (χ4v) is 1.64. The zero-order valence-corrected chi connectivity index (χ0v) is 11.2. The molecule has 1 aromatic rings. The first-order valence-corrected chi connectivity index (χ1v) is 6.38. The molecule has 0 amide bonds. The smallest absolute Gasteiger partial charge is 0.165 e. The van der Waals surface area contributed by atoms with Crippen molar-refractivity contribution in [2.24, 2.45) is 0 Å². The Labute approximate surface area is 107 Å². The molecule has 0 aromatic heterocycles. The molecule has 1 N–H and O–H groups in total. The third kappa shape index (κ3) is 5.00. The zero-order chi connectivity index (χ0) is 13.5. The average Bonchev–Trinajstić information content (AvgIpc) is 2.31. The summed E-state index contributed by atoms with van der Waals surface area (Å²) in [4.78, 5) is 0.